The number of aliphatic imine (C=N–C) groups is 1. The molecule has 0 bridgehead atoms. The summed E-state index contributed by atoms with van der Waals surface area (Å²) >= 11 is 0. The molecule has 0 aliphatic carbocycles. The van der Waals surface area contributed by atoms with Crippen molar-refractivity contribution in [1.82, 2.24) is 20.3 Å². The minimum atomic E-state index is -3.18. The first-order valence-electron chi connectivity index (χ1n) is 10.3. The molecule has 1 aliphatic heterocycles. The molecule has 1 aliphatic rings. The maximum absolute atomic E-state index is 12.8. The number of guanidine groups is 1. The highest BCUT2D eigenvalue weighted by molar-refractivity contribution is 7.89. The number of amides is 1. The fourth-order valence-corrected chi connectivity index (χ4v) is 3.83. The lowest BCUT2D eigenvalue weighted by molar-refractivity contribution is -0.0755. The molecule has 1 heterocycles. The van der Waals surface area contributed by atoms with E-state index in [0.29, 0.717) is 32.0 Å². The van der Waals surface area contributed by atoms with Crippen molar-refractivity contribution in [1.29, 1.82) is 0 Å². The molecule has 30 heavy (non-hydrogen) atoms. The monoisotopic (exact) mass is 449 g/mol. The van der Waals surface area contributed by atoms with Crippen molar-refractivity contribution in [2.45, 2.75) is 78.4 Å². The minimum absolute atomic E-state index is 0.0653. The lowest BCUT2D eigenvalue weighted by Crippen LogP contribution is -2.54. The van der Waals surface area contributed by atoms with Gasteiger partial charge in [-0.25, -0.2) is 17.9 Å². The lowest BCUT2D eigenvalue weighted by Gasteiger charge is -2.35. The van der Waals surface area contributed by atoms with Crippen molar-refractivity contribution in [2.24, 2.45) is 4.99 Å². The predicted octanol–water partition coefficient (Wildman–Crippen LogP) is 1.24. The van der Waals surface area contributed by atoms with Gasteiger partial charge in [-0.1, -0.05) is 0 Å². The molecular weight excluding hydrogens is 410 g/mol. The number of hydrogen-bond acceptors (Lipinski definition) is 6. The quantitative estimate of drug-likeness (QED) is 0.290. The van der Waals surface area contributed by atoms with Gasteiger partial charge in [0.25, 0.3) is 0 Å². The smallest absolute Gasteiger partial charge is 0.412 e. The van der Waals surface area contributed by atoms with Crippen molar-refractivity contribution in [3.63, 3.8) is 0 Å². The van der Waals surface area contributed by atoms with Gasteiger partial charge >= 0.3 is 6.09 Å². The predicted molar refractivity (Wildman–Crippen MR) is 118 cm³/mol. The fraction of sp³-hybridized carbons (Fsp3) is 0.895. The fourth-order valence-electron chi connectivity index (χ4n) is 3.17. The first-order valence-corrected chi connectivity index (χ1v) is 12.0. The second-order valence-electron chi connectivity index (χ2n) is 8.72. The second kappa shape index (κ2) is 10.6. The summed E-state index contributed by atoms with van der Waals surface area (Å²) in [6.45, 7) is 14.0. The number of ether oxygens (including phenoxy) is 2. The summed E-state index contributed by atoms with van der Waals surface area (Å²) < 4.78 is 37.0. The highest BCUT2D eigenvalue weighted by Gasteiger charge is 2.49. The van der Waals surface area contributed by atoms with Crippen LogP contribution in [0.5, 0.6) is 0 Å². The summed E-state index contributed by atoms with van der Waals surface area (Å²) in [5, 5.41) is 6.36. The van der Waals surface area contributed by atoms with Crippen LogP contribution < -0.4 is 15.4 Å². The zero-order valence-corrected chi connectivity index (χ0v) is 20.4. The van der Waals surface area contributed by atoms with E-state index in [4.69, 9.17) is 9.47 Å². The second-order valence-corrected chi connectivity index (χ2v) is 10.8. The van der Waals surface area contributed by atoms with Crippen LogP contribution in [0.15, 0.2) is 4.99 Å². The van der Waals surface area contributed by atoms with E-state index in [-0.39, 0.29) is 17.9 Å². The van der Waals surface area contributed by atoms with E-state index in [2.05, 4.69) is 20.3 Å². The number of sulfonamides is 1. The summed E-state index contributed by atoms with van der Waals surface area (Å²) in [5.41, 5.74) is -1.39. The normalized spacial score (nSPS) is 22.1. The van der Waals surface area contributed by atoms with Gasteiger partial charge in [-0.3, -0.25) is 9.89 Å². The largest absolute Gasteiger partial charge is 0.444 e. The number of nitrogens with zero attached hydrogens (tertiary/aromatic N) is 2. The zero-order valence-electron chi connectivity index (χ0n) is 19.5. The minimum Gasteiger partial charge on any atom is -0.444 e. The van der Waals surface area contributed by atoms with Crippen molar-refractivity contribution in [2.75, 3.05) is 32.4 Å². The first kappa shape index (κ1) is 26.4. The Balaban J connectivity index is 2.62. The summed E-state index contributed by atoms with van der Waals surface area (Å²) in [5.74, 6) is 0.630. The molecule has 0 spiro atoms. The van der Waals surface area contributed by atoms with Gasteiger partial charge in [0.15, 0.2) is 5.96 Å². The molecule has 0 aromatic carbocycles. The van der Waals surface area contributed by atoms with Gasteiger partial charge in [0.05, 0.1) is 17.9 Å². The molecule has 0 radical (unpaired) electrons. The molecule has 10 nitrogen and oxygen atoms in total. The zero-order chi connectivity index (χ0) is 23.2. The Morgan fingerprint density at radius 2 is 1.87 bits per heavy atom. The molecule has 2 unspecified atom stereocenters. The average Bonchev–Trinajstić information content (AvgIpc) is 2.83. The van der Waals surface area contributed by atoms with Gasteiger partial charge < -0.3 is 20.1 Å². The van der Waals surface area contributed by atoms with Gasteiger partial charge in [-0.05, 0) is 54.9 Å². The molecule has 0 aromatic heterocycles. The van der Waals surface area contributed by atoms with Crippen LogP contribution in [0.1, 0.15) is 54.9 Å². The van der Waals surface area contributed by atoms with Crippen LogP contribution in [-0.2, 0) is 19.5 Å². The Hall–Kier alpha value is -1.59. The standard InChI is InChI=1S/C19H39N5O5S/c1-9-30(26,27)23-12-10-11-21-16(20-8)22-13-15-14(2)28-19(6,7)24(15)17(25)29-18(3,4)5/h14-15,23H,9-13H2,1-8H3,(H2,20,21,22). The van der Waals surface area contributed by atoms with Crippen molar-refractivity contribution in [3.8, 4) is 0 Å². The van der Waals surface area contributed by atoms with Crippen LogP contribution in [-0.4, -0.2) is 81.3 Å². The third-order valence-electron chi connectivity index (χ3n) is 4.57. The van der Waals surface area contributed by atoms with E-state index >= 15 is 0 Å². The SMILES string of the molecule is CCS(=O)(=O)NCCCNC(=NC)NCC1C(C)OC(C)(C)N1C(=O)OC(C)(C)C. The summed E-state index contributed by atoms with van der Waals surface area (Å²) in [6.07, 6.45) is -0.00341. The highest BCUT2D eigenvalue weighted by Crippen LogP contribution is 2.33. The molecule has 11 heteroatoms. The van der Waals surface area contributed by atoms with Crippen molar-refractivity contribution < 1.29 is 22.7 Å². The van der Waals surface area contributed by atoms with Gasteiger partial charge in [-0.15, -0.1) is 0 Å². The molecule has 1 fully saturated rings. The van der Waals surface area contributed by atoms with Gasteiger partial charge in [-0.2, -0.15) is 0 Å². The maximum Gasteiger partial charge on any atom is 0.412 e. The summed E-state index contributed by atoms with van der Waals surface area (Å²) in [7, 11) is -1.53. The number of rotatable bonds is 8. The van der Waals surface area contributed by atoms with Crippen LogP contribution in [0.4, 0.5) is 4.79 Å². The third kappa shape index (κ3) is 8.27. The Bertz CT molecular complexity index is 703. The first-order chi connectivity index (χ1) is 13.7. The van der Waals surface area contributed by atoms with Crippen LogP contribution in [0.25, 0.3) is 0 Å². The van der Waals surface area contributed by atoms with E-state index in [1.54, 1.807) is 18.9 Å². The van der Waals surface area contributed by atoms with E-state index in [1.807, 2.05) is 41.5 Å². The number of carbonyl (C=O) groups excluding carboxylic acids is 1. The molecule has 176 valence electrons. The molecule has 0 aromatic rings. The molecule has 3 N–H and O–H groups in total. The van der Waals surface area contributed by atoms with Crippen molar-refractivity contribution in [3.05, 3.63) is 0 Å². The molecule has 1 saturated heterocycles. The Labute approximate surface area is 181 Å². The summed E-state index contributed by atoms with van der Waals surface area (Å²) in [6, 6.07) is -0.246. The molecule has 1 rings (SSSR count). The number of hydrogen-bond donors (Lipinski definition) is 3. The van der Waals surface area contributed by atoms with Crippen molar-refractivity contribution >= 4 is 22.1 Å². The maximum atomic E-state index is 12.8. The molecular formula is C19H39N5O5S. The van der Waals surface area contributed by atoms with Crippen LogP contribution in [0.3, 0.4) is 0 Å². The van der Waals surface area contributed by atoms with Gasteiger partial charge in [0.1, 0.15) is 11.3 Å². The van der Waals surface area contributed by atoms with E-state index < -0.39 is 27.4 Å². The van der Waals surface area contributed by atoms with Crippen LogP contribution in [0.2, 0.25) is 0 Å². The van der Waals surface area contributed by atoms with E-state index in [0.717, 1.165) is 0 Å². The molecule has 2 atom stereocenters. The Morgan fingerprint density at radius 1 is 1.23 bits per heavy atom. The van der Waals surface area contributed by atoms with Crippen LogP contribution >= 0.6 is 0 Å². The number of nitrogens with one attached hydrogen (secondary N) is 3. The lowest BCUT2D eigenvalue weighted by atomic mass is 10.1. The Morgan fingerprint density at radius 3 is 2.40 bits per heavy atom. The number of carbonyl (C=O) groups is 1. The van der Waals surface area contributed by atoms with E-state index in [1.165, 1.54) is 0 Å². The Kier molecular flexibility index (Phi) is 9.37. The molecule has 1 amide bonds. The van der Waals surface area contributed by atoms with Gasteiger partial charge in [0.2, 0.25) is 10.0 Å². The van der Waals surface area contributed by atoms with Gasteiger partial charge in [0, 0.05) is 26.7 Å². The summed E-state index contributed by atoms with van der Waals surface area (Å²) in [4.78, 5) is 18.6. The average molecular weight is 450 g/mol. The highest BCUT2D eigenvalue weighted by atomic mass is 32.2. The molecule has 0 saturated carbocycles. The third-order valence-corrected chi connectivity index (χ3v) is 5.97. The van der Waals surface area contributed by atoms with Crippen LogP contribution in [0, 0.1) is 0 Å². The van der Waals surface area contributed by atoms with E-state index in [9.17, 15) is 13.2 Å². The topological polar surface area (TPSA) is 121 Å².